The van der Waals surface area contributed by atoms with E-state index in [2.05, 4.69) is 20.3 Å². The summed E-state index contributed by atoms with van der Waals surface area (Å²) in [4.78, 5) is 25.9. The van der Waals surface area contributed by atoms with Crippen LogP contribution in [0.4, 0.5) is 5.82 Å². The Labute approximate surface area is 155 Å². The molecule has 0 bridgehead atoms. The highest BCUT2D eigenvalue weighted by molar-refractivity contribution is 6.06. The molecule has 4 aromatic rings. The quantitative estimate of drug-likeness (QED) is 0.605. The number of nitrogens with one attached hydrogen (secondary N) is 1. The van der Waals surface area contributed by atoms with Gasteiger partial charge in [0.2, 0.25) is 0 Å². The molecule has 1 N–H and O–H groups in total. The monoisotopic (exact) mass is 359 g/mol. The van der Waals surface area contributed by atoms with E-state index < -0.39 is 0 Å². The minimum absolute atomic E-state index is 0.283. The number of benzene rings is 1. The van der Waals surface area contributed by atoms with Gasteiger partial charge in [0.1, 0.15) is 22.9 Å². The Hall–Kier alpha value is -3.74. The van der Waals surface area contributed by atoms with Crippen molar-refractivity contribution in [2.75, 3.05) is 12.4 Å². The van der Waals surface area contributed by atoms with Crippen LogP contribution in [0.15, 0.2) is 60.9 Å². The van der Waals surface area contributed by atoms with Crippen LogP contribution in [0, 0.1) is 0 Å². The molecule has 1 amide bonds. The number of nitrogens with zero attached hydrogens (tertiary/aromatic N) is 4. The lowest BCUT2D eigenvalue weighted by Crippen LogP contribution is -2.14. The fraction of sp³-hybridized carbons (Fsp3) is 0.100. The summed E-state index contributed by atoms with van der Waals surface area (Å²) in [6, 6.07) is 14.4. The summed E-state index contributed by atoms with van der Waals surface area (Å²) >= 11 is 0. The summed E-state index contributed by atoms with van der Waals surface area (Å²) < 4.78 is 7.12. The highest BCUT2D eigenvalue weighted by Crippen LogP contribution is 2.24. The summed E-state index contributed by atoms with van der Waals surface area (Å²) in [6.07, 6.45) is 3.47. The van der Waals surface area contributed by atoms with Crippen molar-refractivity contribution in [1.82, 2.24) is 19.5 Å². The number of para-hydroxylation sites is 1. The molecule has 3 aromatic heterocycles. The van der Waals surface area contributed by atoms with Crippen LogP contribution in [0.2, 0.25) is 0 Å². The maximum Gasteiger partial charge on any atom is 0.260 e. The van der Waals surface area contributed by atoms with Gasteiger partial charge in [0, 0.05) is 25.0 Å². The fourth-order valence-electron chi connectivity index (χ4n) is 2.90. The number of carbonyl (C=O) groups excluding carboxylic acids is 1. The van der Waals surface area contributed by atoms with Crippen molar-refractivity contribution < 1.29 is 9.53 Å². The van der Waals surface area contributed by atoms with Crippen LogP contribution < -0.4 is 10.1 Å². The zero-order valence-corrected chi connectivity index (χ0v) is 14.9. The van der Waals surface area contributed by atoms with Crippen LogP contribution in [0.1, 0.15) is 10.4 Å². The third-order valence-electron chi connectivity index (χ3n) is 4.23. The van der Waals surface area contributed by atoms with Gasteiger partial charge in [-0.1, -0.05) is 12.1 Å². The van der Waals surface area contributed by atoms with E-state index in [-0.39, 0.29) is 5.91 Å². The molecule has 3 heterocycles. The summed E-state index contributed by atoms with van der Waals surface area (Å²) in [6.45, 7) is 0. The Morgan fingerprint density at radius 3 is 2.70 bits per heavy atom. The number of imidazole rings is 1. The summed E-state index contributed by atoms with van der Waals surface area (Å²) in [5.41, 5.74) is 2.76. The van der Waals surface area contributed by atoms with E-state index in [4.69, 9.17) is 4.74 Å². The van der Waals surface area contributed by atoms with Crippen molar-refractivity contribution in [3.8, 4) is 17.1 Å². The second-order valence-electron chi connectivity index (χ2n) is 5.93. The van der Waals surface area contributed by atoms with E-state index in [9.17, 15) is 4.79 Å². The van der Waals surface area contributed by atoms with E-state index >= 15 is 0 Å². The number of aryl methyl sites for hydroxylation is 1. The smallest absolute Gasteiger partial charge is 0.260 e. The number of methoxy groups -OCH3 is 1. The van der Waals surface area contributed by atoms with Crippen LogP contribution in [-0.2, 0) is 7.05 Å². The van der Waals surface area contributed by atoms with Gasteiger partial charge in [-0.15, -0.1) is 0 Å². The molecule has 0 unspecified atom stereocenters. The summed E-state index contributed by atoms with van der Waals surface area (Å²) in [5.74, 6) is 1.43. The predicted molar refractivity (Wildman–Crippen MR) is 103 cm³/mol. The van der Waals surface area contributed by atoms with Gasteiger partial charge in [-0.05, 0) is 36.4 Å². The first kappa shape index (κ1) is 16.7. The maximum absolute atomic E-state index is 12.6. The number of carbonyl (C=O) groups is 1. The number of pyridine rings is 2. The van der Waals surface area contributed by atoms with Crippen molar-refractivity contribution >= 4 is 22.9 Å². The van der Waals surface area contributed by atoms with Gasteiger partial charge in [-0.3, -0.25) is 9.78 Å². The van der Waals surface area contributed by atoms with Gasteiger partial charge in [0.25, 0.3) is 5.91 Å². The number of fused-ring (bicyclic) bond motifs is 1. The Morgan fingerprint density at radius 2 is 1.93 bits per heavy atom. The molecule has 0 saturated heterocycles. The van der Waals surface area contributed by atoms with Crippen LogP contribution in [0.25, 0.3) is 22.6 Å². The zero-order valence-electron chi connectivity index (χ0n) is 14.9. The second-order valence-corrected chi connectivity index (χ2v) is 5.93. The topological polar surface area (TPSA) is 81.9 Å². The lowest BCUT2D eigenvalue weighted by molar-refractivity contribution is 0.102. The third kappa shape index (κ3) is 3.10. The molecule has 7 nitrogen and oxygen atoms in total. The molecule has 0 spiro atoms. The summed E-state index contributed by atoms with van der Waals surface area (Å²) in [7, 11) is 3.42. The molecular weight excluding hydrogens is 342 g/mol. The fourth-order valence-corrected chi connectivity index (χ4v) is 2.90. The van der Waals surface area contributed by atoms with Gasteiger partial charge < -0.3 is 14.6 Å². The average molecular weight is 359 g/mol. The molecule has 1 aromatic carbocycles. The van der Waals surface area contributed by atoms with Gasteiger partial charge in [0.15, 0.2) is 5.65 Å². The third-order valence-corrected chi connectivity index (χ3v) is 4.23. The van der Waals surface area contributed by atoms with Crippen molar-refractivity contribution in [3.63, 3.8) is 0 Å². The number of hydrogen-bond acceptors (Lipinski definition) is 5. The van der Waals surface area contributed by atoms with Gasteiger partial charge in [-0.25, -0.2) is 9.97 Å². The van der Waals surface area contributed by atoms with E-state index in [0.717, 1.165) is 16.9 Å². The molecule has 134 valence electrons. The minimum atomic E-state index is -0.283. The van der Waals surface area contributed by atoms with E-state index in [0.29, 0.717) is 22.8 Å². The second kappa shape index (κ2) is 6.87. The molecule has 7 heteroatoms. The Kier molecular flexibility index (Phi) is 4.25. The van der Waals surface area contributed by atoms with E-state index in [1.807, 2.05) is 35.9 Å². The minimum Gasteiger partial charge on any atom is -0.496 e. The SMILES string of the molecule is COc1ccccc1C(=O)Nc1ccc2nc(-c3cccnc3)n(C)c2n1. The normalized spacial score (nSPS) is 10.7. The van der Waals surface area contributed by atoms with Crippen LogP contribution in [-0.4, -0.2) is 32.5 Å². The van der Waals surface area contributed by atoms with Gasteiger partial charge in [0.05, 0.1) is 12.7 Å². The summed E-state index contributed by atoms with van der Waals surface area (Å²) in [5, 5.41) is 2.82. The Balaban J connectivity index is 1.68. The molecule has 0 fully saturated rings. The van der Waals surface area contributed by atoms with Gasteiger partial charge in [-0.2, -0.15) is 0 Å². The Morgan fingerprint density at radius 1 is 1.07 bits per heavy atom. The standard InChI is InChI=1S/C20H17N5O2/c1-25-18(13-6-5-11-21-12-13)22-15-9-10-17(23-19(15)25)24-20(26)14-7-3-4-8-16(14)27-2/h3-12H,1-2H3,(H,23,24,26). The number of anilines is 1. The lowest BCUT2D eigenvalue weighted by atomic mass is 10.2. The maximum atomic E-state index is 12.6. The average Bonchev–Trinajstić information content (AvgIpc) is 3.05. The van der Waals surface area contributed by atoms with Crippen molar-refractivity contribution in [2.45, 2.75) is 0 Å². The van der Waals surface area contributed by atoms with Crippen molar-refractivity contribution in [1.29, 1.82) is 0 Å². The molecule has 4 rings (SSSR count). The molecule has 0 aliphatic heterocycles. The first-order chi connectivity index (χ1) is 13.2. The number of ether oxygens (including phenoxy) is 1. The molecular formula is C20H17N5O2. The predicted octanol–water partition coefficient (Wildman–Crippen LogP) is 3.29. The first-order valence-electron chi connectivity index (χ1n) is 8.35. The molecule has 0 aliphatic rings. The van der Waals surface area contributed by atoms with E-state index in [1.54, 1.807) is 36.7 Å². The number of amides is 1. The van der Waals surface area contributed by atoms with Crippen molar-refractivity contribution in [3.05, 3.63) is 66.5 Å². The van der Waals surface area contributed by atoms with Crippen LogP contribution in [0.5, 0.6) is 5.75 Å². The largest absolute Gasteiger partial charge is 0.496 e. The highest BCUT2D eigenvalue weighted by atomic mass is 16.5. The number of rotatable bonds is 4. The van der Waals surface area contributed by atoms with E-state index in [1.165, 1.54) is 7.11 Å². The molecule has 0 aliphatic carbocycles. The van der Waals surface area contributed by atoms with Crippen LogP contribution in [0.3, 0.4) is 0 Å². The van der Waals surface area contributed by atoms with Gasteiger partial charge >= 0.3 is 0 Å². The first-order valence-corrected chi connectivity index (χ1v) is 8.35. The number of hydrogen-bond donors (Lipinski definition) is 1. The zero-order chi connectivity index (χ0) is 18.8. The van der Waals surface area contributed by atoms with Crippen molar-refractivity contribution in [2.24, 2.45) is 7.05 Å². The number of aromatic nitrogens is 4. The lowest BCUT2D eigenvalue weighted by Gasteiger charge is -2.08. The molecule has 0 atom stereocenters. The van der Waals surface area contributed by atoms with Crippen LogP contribution >= 0.6 is 0 Å². The Bertz CT molecular complexity index is 1120. The molecule has 0 saturated carbocycles. The molecule has 0 radical (unpaired) electrons. The molecule has 27 heavy (non-hydrogen) atoms. The highest BCUT2D eigenvalue weighted by Gasteiger charge is 2.15.